The van der Waals surface area contributed by atoms with Crippen LogP contribution in [0.2, 0.25) is 0 Å². The molecule has 164 valence electrons. The Balaban J connectivity index is 2.22. The highest BCUT2D eigenvalue weighted by molar-refractivity contribution is 7.51. The molecule has 10 nitrogen and oxygen atoms in total. The number of benzene rings is 1. The van der Waals surface area contributed by atoms with E-state index in [1.807, 2.05) is 0 Å². The third-order valence-electron chi connectivity index (χ3n) is 4.53. The Bertz CT molecular complexity index is 760. The SMILES string of the molecule is CNC(=O)Nc1ccc(C(F)(F)C2O[C@H](CCP(=O)(O)O)[C@@H](O)[C@H](O)[C@@H]2O)cc1. The molecule has 1 aliphatic heterocycles. The second kappa shape index (κ2) is 9.00. The van der Waals surface area contributed by atoms with Crippen LogP contribution in [0.1, 0.15) is 12.0 Å². The van der Waals surface area contributed by atoms with Crippen molar-refractivity contribution in [1.82, 2.24) is 5.32 Å². The molecule has 7 N–H and O–H groups in total. The summed E-state index contributed by atoms with van der Waals surface area (Å²) in [5.74, 6) is -3.83. The number of carbonyl (C=O) groups excluding carboxylic acids is 1. The molecule has 2 rings (SSSR count). The fourth-order valence-corrected chi connectivity index (χ4v) is 3.51. The van der Waals surface area contributed by atoms with Gasteiger partial charge in [0.25, 0.3) is 0 Å². The van der Waals surface area contributed by atoms with E-state index in [0.29, 0.717) is 0 Å². The fourth-order valence-electron chi connectivity index (χ4n) is 2.92. The Morgan fingerprint density at radius 2 is 1.72 bits per heavy atom. The van der Waals surface area contributed by atoms with Gasteiger partial charge in [0, 0.05) is 18.3 Å². The van der Waals surface area contributed by atoms with E-state index >= 15 is 0 Å². The van der Waals surface area contributed by atoms with Crippen LogP contribution in [0.25, 0.3) is 0 Å². The van der Waals surface area contributed by atoms with Gasteiger partial charge in [-0.1, -0.05) is 12.1 Å². The number of halogens is 2. The molecule has 1 fully saturated rings. The molecular weight excluding hydrogens is 417 g/mol. The molecule has 1 aliphatic rings. The van der Waals surface area contributed by atoms with Gasteiger partial charge in [-0.2, -0.15) is 8.78 Å². The zero-order valence-electron chi connectivity index (χ0n) is 15.3. The summed E-state index contributed by atoms with van der Waals surface area (Å²) in [6.45, 7) is 0. The molecule has 13 heteroatoms. The number of urea groups is 1. The summed E-state index contributed by atoms with van der Waals surface area (Å²) in [7, 11) is -3.12. The standard InChI is InChI=1S/C16H23F2N2O8P/c1-19-15(24)20-9-4-2-8(3-5-9)16(17,18)14-13(23)12(22)11(21)10(28-14)6-7-29(25,26)27/h2-5,10-14,21-23H,6-7H2,1H3,(H2,19,20,24)(H2,25,26,27)/t10-,11-,12+,13+,14?/m1/s1. The molecule has 1 unspecified atom stereocenters. The molecule has 1 heterocycles. The predicted molar refractivity (Wildman–Crippen MR) is 96.6 cm³/mol. The highest BCUT2D eigenvalue weighted by Gasteiger charge is 2.55. The smallest absolute Gasteiger partial charge is 0.325 e. The van der Waals surface area contributed by atoms with Gasteiger partial charge in [0.2, 0.25) is 0 Å². The van der Waals surface area contributed by atoms with E-state index in [2.05, 4.69) is 10.6 Å². The van der Waals surface area contributed by atoms with Gasteiger partial charge in [0.05, 0.1) is 12.3 Å². The number of anilines is 1. The van der Waals surface area contributed by atoms with Gasteiger partial charge in [0.1, 0.15) is 18.3 Å². The van der Waals surface area contributed by atoms with Crippen LogP contribution in [0.15, 0.2) is 24.3 Å². The van der Waals surface area contributed by atoms with Crippen molar-refractivity contribution in [3.63, 3.8) is 0 Å². The Morgan fingerprint density at radius 1 is 1.14 bits per heavy atom. The Morgan fingerprint density at radius 3 is 2.24 bits per heavy atom. The number of alkyl halides is 2. The number of amides is 2. The molecule has 1 saturated heterocycles. The number of hydrogen-bond acceptors (Lipinski definition) is 6. The number of carbonyl (C=O) groups is 1. The minimum Gasteiger partial charge on any atom is -0.388 e. The quantitative estimate of drug-likeness (QED) is 0.302. The van der Waals surface area contributed by atoms with Crippen LogP contribution in [-0.2, 0) is 15.2 Å². The molecule has 5 atom stereocenters. The second-order valence-electron chi connectivity index (χ2n) is 6.65. The molecular formula is C16H23F2N2O8P. The van der Waals surface area contributed by atoms with Crippen molar-refractivity contribution < 1.29 is 48.0 Å². The molecule has 0 spiro atoms. The Labute approximate surface area is 164 Å². The summed E-state index contributed by atoms with van der Waals surface area (Å²) in [5, 5.41) is 34.6. The Kier molecular flexibility index (Phi) is 7.33. The summed E-state index contributed by atoms with van der Waals surface area (Å²) in [6.07, 6.45) is -11.0. The average Bonchev–Trinajstić information content (AvgIpc) is 2.65. The Hall–Kier alpha value is -1.66. The molecule has 1 aromatic carbocycles. The number of hydrogen-bond donors (Lipinski definition) is 7. The van der Waals surface area contributed by atoms with Crippen molar-refractivity contribution in [3.8, 4) is 0 Å². The molecule has 1 aromatic rings. The summed E-state index contributed by atoms with van der Waals surface area (Å²) < 4.78 is 46.0. The van der Waals surface area contributed by atoms with Gasteiger partial charge in [-0.25, -0.2) is 4.79 Å². The largest absolute Gasteiger partial charge is 0.388 e. The first kappa shape index (κ1) is 23.6. The van der Waals surface area contributed by atoms with E-state index in [0.717, 1.165) is 12.1 Å². The maximum atomic E-state index is 15.0. The van der Waals surface area contributed by atoms with Crippen LogP contribution >= 0.6 is 7.60 Å². The number of aliphatic hydroxyl groups excluding tert-OH is 3. The number of aliphatic hydroxyl groups is 3. The van der Waals surface area contributed by atoms with Gasteiger partial charge < -0.3 is 40.5 Å². The van der Waals surface area contributed by atoms with Gasteiger partial charge in [-0.05, 0) is 18.6 Å². The summed E-state index contributed by atoms with van der Waals surface area (Å²) >= 11 is 0. The lowest BCUT2D eigenvalue weighted by atomic mass is 9.88. The predicted octanol–water partition coefficient (Wildman–Crippen LogP) is -0.0524. The van der Waals surface area contributed by atoms with Crippen molar-refractivity contribution in [2.75, 3.05) is 18.5 Å². The molecule has 2 amide bonds. The highest BCUT2D eigenvalue weighted by Crippen LogP contribution is 2.42. The maximum Gasteiger partial charge on any atom is 0.325 e. The van der Waals surface area contributed by atoms with Crippen LogP contribution in [0, 0.1) is 0 Å². The maximum absolute atomic E-state index is 15.0. The zero-order chi connectivity index (χ0) is 22.0. The normalized spacial score (nSPS) is 28.1. The van der Waals surface area contributed by atoms with Crippen LogP contribution < -0.4 is 10.6 Å². The van der Waals surface area contributed by atoms with Gasteiger partial charge in [0.15, 0.2) is 6.10 Å². The van der Waals surface area contributed by atoms with E-state index in [1.165, 1.54) is 19.2 Å². The lowest BCUT2D eigenvalue weighted by Crippen LogP contribution is -2.61. The number of nitrogens with one attached hydrogen (secondary N) is 2. The molecule has 0 aromatic heterocycles. The van der Waals surface area contributed by atoms with E-state index in [-0.39, 0.29) is 5.69 Å². The molecule has 0 bridgehead atoms. The van der Waals surface area contributed by atoms with Crippen LogP contribution in [0.3, 0.4) is 0 Å². The minimum absolute atomic E-state index is 0.226. The van der Waals surface area contributed by atoms with Crippen molar-refractivity contribution in [2.24, 2.45) is 0 Å². The van der Waals surface area contributed by atoms with Crippen LogP contribution in [0.5, 0.6) is 0 Å². The topological polar surface area (TPSA) is 169 Å². The third kappa shape index (κ3) is 5.70. The molecule has 0 radical (unpaired) electrons. The van der Waals surface area contributed by atoms with Gasteiger partial charge in [-0.15, -0.1) is 0 Å². The molecule has 0 saturated carbocycles. The van der Waals surface area contributed by atoms with Crippen molar-refractivity contribution in [1.29, 1.82) is 0 Å². The van der Waals surface area contributed by atoms with Crippen molar-refractivity contribution in [2.45, 2.75) is 42.9 Å². The lowest BCUT2D eigenvalue weighted by molar-refractivity contribution is -0.279. The van der Waals surface area contributed by atoms with E-state index in [4.69, 9.17) is 14.5 Å². The van der Waals surface area contributed by atoms with Crippen molar-refractivity contribution in [3.05, 3.63) is 29.8 Å². The van der Waals surface area contributed by atoms with E-state index in [9.17, 15) is 33.5 Å². The first-order chi connectivity index (χ1) is 13.4. The van der Waals surface area contributed by atoms with Crippen molar-refractivity contribution >= 4 is 19.3 Å². The monoisotopic (exact) mass is 440 g/mol. The number of rotatable bonds is 6. The summed E-state index contributed by atoms with van der Waals surface area (Å²) in [6, 6.07) is 3.82. The highest BCUT2D eigenvalue weighted by atomic mass is 31.2. The van der Waals surface area contributed by atoms with Gasteiger partial charge >= 0.3 is 19.5 Å². The first-order valence-electron chi connectivity index (χ1n) is 8.58. The lowest BCUT2D eigenvalue weighted by Gasteiger charge is -2.43. The summed E-state index contributed by atoms with van der Waals surface area (Å²) in [4.78, 5) is 29.1. The zero-order valence-corrected chi connectivity index (χ0v) is 16.2. The molecule has 29 heavy (non-hydrogen) atoms. The van der Waals surface area contributed by atoms with Gasteiger partial charge in [-0.3, -0.25) is 4.57 Å². The number of ether oxygens (including phenoxy) is 1. The van der Waals surface area contributed by atoms with E-state index < -0.39 is 68.2 Å². The first-order valence-corrected chi connectivity index (χ1v) is 10.4. The fraction of sp³-hybridized carbons (Fsp3) is 0.562. The molecule has 0 aliphatic carbocycles. The van der Waals surface area contributed by atoms with Crippen LogP contribution in [-0.4, -0.2) is 74.9 Å². The summed E-state index contributed by atoms with van der Waals surface area (Å²) in [5.41, 5.74) is -0.370. The second-order valence-corrected chi connectivity index (χ2v) is 8.42. The average molecular weight is 440 g/mol. The van der Waals surface area contributed by atoms with Crippen LogP contribution in [0.4, 0.5) is 19.3 Å². The minimum atomic E-state index is -4.49. The third-order valence-corrected chi connectivity index (χ3v) is 5.37. The van der Waals surface area contributed by atoms with E-state index in [1.54, 1.807) is 0 Å².